The van der Waals surface area contributed by atoms with E-state index in [0.29, 0.717) is 6.54 Å². The number of likely N-dealkylation sites (N-methyl/N-ethyl adjacent to an activating group) is 1. The maximum atomic E-state index is 13.5. The Kier molecular flexibility index (Phi) is 6.76. The molecule has 0 aliphatic heterocycles. The van der Waals surface area contributed by atoms with Crippen molar-refractivity contribution in [3.05, 3.63) is 52.5 Å². The van der Waals surface area contributed by atoms with E-state index in [-0.39, 0.29) is 24.7 Å². The van der Waals surface area contributed by atoms with E-state index in [4.69, 9.17) is 10.5 Å². The highest BCUT2D eigenvalue weighted by Crippen LogP contribution is 2.22. The summed E-state index contributed by atoms with van der Waals surface area (Å²) in [6.07, 6.45) is 0.0830. The predicted molar refractivity (Wildman–Crippen MR) is 93.9 cm³/mol. The van der Waals surface area contributed by atoms with Crippen molar-refractivity contribution < 1.29 is 18.7 Å². The number of carbonyl (C=O) groups is 2. The minimum absolute atomic E-state index is 0.0830. The number of primary amides is 1. The third kappa shape index (κ3) is 5.75. The zero-order valence-electron chi connectivity index (χ0n) is 13.8. The van der Waals surface area contributed by atoms with Crippen molar-refractivity contribution in [2.45, 2.75) is 12.5 Å². The SMILES string of the molecule is CN(CCOc1ccccc1F)C(=O)CC(NC(N)=O)c1cccs1. The smallest absolute Gasteiger partial charge is 0.312 e. The van der Waals surface area contributed by atoms with Crippen molar-refractivity contribution in [3.8, 4) is 5.75 Å². The van der Waals surface area contributed by atoms with Gasteiger partial charge < -0.3 is 20.7 Å². The summed E-state index contributed by atoms with van der Waals surface area (Å²) in [5, 5.41) is 4.44. The van der Waals surface area contributed by atoms with Crippen molar-refractivity contribution in [2.75, 3.05) is 20.2 Å². The van der Waals surface area contributed by atoms with E-state index in [1.54, 1.807) is 19.2 Å². The molecule has 25 heavy (non-hydrogen) atoms. The van der Waals surface area contributed by atoms with Gasteiger partial charge in [-0.25, -0.2) is 9.18 Å². The highest BCUT2D eigenvalue weighted by molar-refractivity contribution is 7.10. The summed E-state index contributed by atoms with van der Waals surface area (Å²) < 4.78 is 18.8. The Morgan fingerprint density at radius 2 is 2.08 bits per heavy atom. The molecule has 1 aromatic heterocycles. The van der Waals surface area contributed by atoms with Crippen LogP contribution in [0.25, 0.3) is 0 Å². The summed E-state index contributed by atoms with van der Waals surface area (Å²) in [7, 11) is 1.63. The second-order valence-electron chi connectivity index (χ2n) is 5.37. The fourth-order valence-electron chi connectivity index (χ4n) is 2.19. The predicted octanol–water partition coefficient (Wildman–Crippen LogP) is 2.52. The van der Waals surface area contributed by atoms with Crippen LogP contribution in [0.15, 0.2) is 41.8 Å². The second kappa shape index (κ2) is 9.03. The van der Waals surface area contributed by atoms with Crippen LogP contribution in [0.1, 0.15) is 17.3 Å². The fourth-order valence-corrected chi connectivity index (χ4v) is 2.97. The number of halogens is 1. The number of rotatable bonds is 8. The Labute approximate surface area is 149 Å². The molecule has 6 nitrogen and oxygen atoms in total. The van der Waals surface area contributed by atoms with Crippen LogP contribution in [-0.4, -0.2) is 37.0 Å². The monoisotopic (exact) mass is 365 g/mol. The van der Waals surface area contributed by atoms with Crippen LogP contribution in [0, 0.1) is 5.82 Å². The Morgan fingerprint density at radius 3 is 2.72 bits per heavy atom. The molecule has 1 heterocycles. The molecule has 3 N–H and O–H groups in total. The van der Waals surface area contributed by atoms with Gasteiger partial charge in [-0.15, -0.1) is 11.3 Å². The van der Waals surface area contributed by atoms with Crippen LogP contribution in [0.3, 0.4) is 0 Å². The molecule has 1 unspecified atom stereocenters. The maximum absolute atomic E-state index is 13.5. The molecule has 1 atom stereocenters. The lowest BCUT2D eigenvalue weighted by molar-refractivity contribution is -0.130. The van der Waals surface area contributed by atoms with Crippen molar-refractivity contribution in [1.82, 2.24) is 10.2 Å². The van der Waals surface area contributed by atoms with Crippen molar-refractivity contribution in [1.29, 1.82) is 0 Å². The number of nitrogens with two attached hydrogens (primary N) is 1. The van der Waals surface area contributed by atoms with Gasteiger partial charge in [0.1, 0.15) is 6.61 Å². The quantitative estimate of drug-likeness (QED) is 0.754. The lowest BCUT2D eigenvalue weighted by atomic mass is 10.1. The highest BCUT2D eigenvalue weighted by Gasteiger charge is 2.20. The van der Waals surface area contributed by atoms with Gasteiger partial charge >= 0.3 is 6.03 Å². The molecule has 0 saturated carbocycles. The maximum Gasteiger partial charge on any atom is 0.312 e. The van der Waals surface area contributed by atoms with E-state index in [9.17, 15) is 14.0 Å². The molecular weight excluding hydrogens is 345 g/mol. The number of nitrogens with zero attached hydrogens (tertiary/aromatic N) is 1. The fraction of sp³-hybridized carbons (Fsp3) is 0.294. The van der Waals surface area contributed by atoms with E-state index in [1.807, 2.05) is 17.5 Å². The minimum Gasteiger partial charge on any atom is -0.489 e. The average molecular weight is 365 g/mol. The van der Waals surface area contributed by atoms with Gasteiger partial charge in [-0.05, 0) is 23.6 Å². The number of hydrogen-bond donors (Lipinski definition) is 2. The average Bonchev–Trinajstić information content (AvgIpc) is 3.10. The Balaban J connectivity index is 1.85. The Hall–Kier alpha value is -2.61. The number of amides is 3. The lowest BCUT2D eigenvalue weighted by Gasteiger charge is -2.21. The van der Waals surface area contributed by atoms with Crippen molar-refractivity contribution in [2.24, 2.45) is 5.73 Å². The van der Waals surface area contributed by atoms with Crippen LogP contribution in [0.5, 0.6) is 5.75 Å². The van der Waals surface area contributed by atoms with Gasteiger partial charge in [0.2, 0.25) is 5.91 Å². The first-order chi connectivity index (χ1) is 12.0. The number of benzene rings is 1. The largest absolute Gasteiger partial charge is 0.489 e. The number of ether oxygens (including phenoxy) is 1. The van der Waals surface area contributed by atoms with Crippen LogP contribution in [-0.2, 0) is 4.79 Å². The molecular formula is C17H20FN3O3S. The molecule has 134 valence electrons. The number of carbonyl (C=O) groups excluding carboxylic acids is 2. The number of thiophene rings is 1. The van der Waals surface area contributed by atoms with E-state index in [0.717, 1.165) is 4.88 Å². The third-order valence-electron chi connectivity index (χ3n) is 3.53. The first kappa shape index (κ1) is 18.7. The van der Waals surface area contributed by atoms with Gasteiger partial charge in [-0.2, -0.15) is 0 Å². The van der Waals surface area contributed by atoms with E-state index in [2.05, 4.69) is 5.32 Å². The summed E-state index contributed by atoms with van der Waals surface area (Å²) in [5.74, 6) is -0.473. The first-order valence-electron chi connectivity index (χ1n) is 7.68. The van der Waals surface area contributed by atoms with Crippen LogP contribution < -0.4 is 15.8 Å². The Bertz CT molecular complexity index is 709. The standard InChI is InChI=1S/C17H20FN3O3S/c1-21(8-9-24-14-6-3-2-5-12(14)18)16(22)11-13(20-17(19)23)15-7-4-10-25-15/h2-7,10,13H,8-9,11H2,1H3,(H3,19,20,23). The molecule has 0 spiro atoms. The molecule has 0 aliphatic rings. The minimum atomic E-state index is -0.684. The molecule has 0 radical (unpaired) electrons. The summed E-state index contributed by atoms with van der Waals surface area (Å²) in [5.41, 5.74) is 5.18. The highest BCUT2D eigenvalue weighted by atomic mass is 32.1. The molecule has 8 heteroatoms. The van der Waals surface area contributed by atoms with Gasteiger partial charge in [0, 0.05) is 11.9 Å². The molecule has 0 fully saturated rings. The molecule has 2 aromatic rings. The number of para-hydroxylation sites is 1. The van der Waals surface area contributed by atoms with Crippen LogP contribution in [0.2, 0.25) is 0 Å². The van der Waals surface area contributed by atoms with Gasteiger partial charge in [0.05, 0.1) is 19.0 Å². The summed E-state index contributed by atoms with van der Waals surface area (Å²) in [6, 6.07) is 8.61. The topological polar surface area (TPSA) is 84.7 Å². The van der Waals surface area contributed by atoms with Gasteiger partial charge in [-0.3, -0.25) is 4.79 Å². The molecule has 2 rings (SSSR count). The molecule has 0 aliphatic carbocycles. The van der Waals surface area contributed by atoms with Crippen LogP contribution >= 0.6 is 11.3 Å². The number of nitrogens with one attached hydrogen (secondary N) is 1. The number of urea groups is 1. The summed E-state index contributed by atoms with van der Waals surface area (Å²) >= 11 is 1.44. The van der Waals surface area contributed by atoms with Crippen molar-refractivity contribution in [3.63, 3.8) is 0 Å². The van der Waals surface area contributed by atoms with Gasteiger partial charge in [0.15, 0.2) is 11.6 Å². The second-order valence-corrected chi connectivity index (χ2v) is 6.35. The third-order valence-corrected chi connectivity index (χ3v) is 4.51. The van der Waals surface area contributed by atoms with E-state index >= 15 is 0 Å². The summed E-state index contributed by atoms with van der Waals surface area (Å²) in [4.78, 5) is 25.8. The van der Waals surface area contributed by atoms with Crippen molar-refractivity contribution >= 4 is 23.3 Å². The zero-order chi connectivity index (χ0) is 18.2. The first-order valence-corrected chi connectivity index (χ1v) is 8.56. The lowest BCUT2D eigenvalue weighted by Crippen LogP contribution is -2.38. The normalized spacial score (nSPS) is 11.6. The molecule has 0 saturated heterocycles. The van der Waals surface area contributed by atoms with Gasteiger partial charge in [0.25, 0.3) is 0 Å². The zero-order valence-corrected chi connectivity index (χ0v) is 14.6. The van der Waals surface area contributed by atoms with E-state index in [1.165, 1.54) is 28.4 Å². The molecule has 1 aromatic carbocycles. The summed E-state index contributed by atoms with van der Waals surface area (Å²) in [6.45, 7) is 0.455. The molecule has 0 bridgehead atoms. The molecule has 3 amide bonds. The van der Waals surface area contributed by atoms with E-state index < -0.39 is 17.9 Å². The van der Waals surface area contributed by atoms with Gasteiger partial charge in [-0.1, -0.05) is 18.2 Å². The Morgan fingerprint density at radius 1 is 1.32 bits per heavy atom. The van der Waals surface area contributed by atoms with Crippen LogP contribution in [0.4, 0.5) is 9.18 Å². The number of hydrogen-bond acceptors (Lipinski definition) is 4.